The van der Waals surface area contributed by atoms with Gasteiger partial charge in [-0.15, -0.1) is 0 Å². The van der Waals surface area contributed by atoms with Crippen molar-refractivity contribution < 1.29 is 19.1 Å². The van der Waals surface area contributed by atoms with Crippen LogP contribution in [0.3, 0.4) is 0 Å². The number of nitrogens with one attached hydrogen (secondary N) is 1. The van der Waals surface area contributed by atoms with E-state index in [4.69, 9.17) is 4.74 Å². The second kappa shape index (κ2) is 7.39. The Bertz CT molecular complexity index is 752. The summed E-state index contributed by atoms with van der Waals surface area (Å²) in [5, 5.41) is 1.76. The molecule has 1 fully saturated rings. The van der Waals surface area contributed by atoms with Crippen LogP contribution in [-0.2, 0) is 19.1 Å². The molecule has 1 aromatic rings. The van der Waals surface area contributed by atoms with Gasteiger partial charge in [-0.2, -0.15) is 0 Å². The van der Waals surface area contributed by atoms with Gasteiger partial charge in [0.05, 0.1) is 9.52 Å². The van der Waals surface area contributed by atoms with Gasteiger partial charge in [0.1, 0.15) is 4.83 Å². The van der Waals surface area contributed by atoms with E-state index in [9.17, 15) is 14.4 Å². The summed E-state index contributed by atoms with van der Waals surface area (Å²) in [6, 6.07) is 9.24. The van der Waals surface area contributed by atoms with Crippen molar-refractivity contribution in [2.24, 2.45) is 0 Å². The molecule has 1 saturated heterocycles. The number of ether oxygens (including phenoxy) is 1. The molecule has 1 aliphatic rings. The summed E-state index contributed by atoms with van der Waals surface area (Å²) in [5.41, 5.74) is -0.975. The van der Waals surface area contributed by atoms with E-state index in [2.05, 4.69) is 21.2 Å². The molecule has 1 aromatic carbocycles. The summed E-state index contributed by atoms with van der Waals surface area (Å²) in [6.45, 7) is 10.6. The molecular formula is C19H27BrN2O4Si. The van der Waals surface area contributed by atoms with Gasteiger partial charge in [0, 0.05) is 12.5 Å². The van der Waals surface area contributed by atoms with Crippen LogP contribution in [0.25, 0.3) is 0 Å². The van der Waals surface area contributed by atoms with Crippen molar-refractivity contribution in [3.63, 3.8) is 0 Å². The summed E-state index contributed by atoms with van der Waals surface area (Å²) in [7, 11) is -1.14. The van der Waals surface area contributed by atoms with Crippen LogP contribution >= 0.6 is 15.9 Å². The fraction of sp³-hybridized carbons (Fsp3) is 0.526. The molecule has 6 nitrogen and oxygen atoms in total. The van der Waals surface area contributed by atoms with Crippen molar-refractivity contribution in [1.29, 1.82) is 0 Å². The van der Waals surface area contributed by atoms with E-state index in [0.717, 1.165) is 5.56 Å². The number of β-lactam (4-membered cyclic amide) rings is 1. The van der Waals surface area contributed by atoms with E-state index >= 15 is 0 Å². The molecular weight excluding hydrogens is 428 g/mol. The molecule has 0 aliphatic carbocycles. The van der Waals surface area contributed by atoms with Gasteiger partial charge in [-0.05, 0) is 33.3 Å². The van der Waals surface area contributed by atoms with Crippen LogP contribution in [0.15, 0.2) is 30.3 Å². The van der Waals surface area contributed by atoms with Gasteiger partial charge in [-0.1, -0.05) is 52.8 Å². The van der Waals surface area contributed by atoms with Crippen molar-refractivity contribution >= 4 is 43.2 Å². The number of hydrogen-bond acceptors (Lipinski definition) is 4. The van der Waals surface area contributed by atoms with Gasteiger partial charge in [-0.25, -0.2) is 0 Å². The number of rotatable bonds is 5. The number of amides is 2. The molecule has 3 atom stereocenters. The van der Waals surface area contributed by atoms with Gasteiger partial charge in [0.15, 0.2) is 5.16 Å². The highest BCUT2D eigenvalue weighted by Crippen LogP contribution is 2.47. The van der Waals surface area contributed by atoms with Crippen LogP contribution in [0.2, 0.25) is 6.55 Å². The molecule has 1 unspecified atom stereocenters. The lowest BCUT2D eigenvalue weighted by molar-refractivity contribution is -0.247. The molecule has 27 heavy (non-hydrogen) atoms. The highest BCUT2D eigenvalue weighted by molar-refractivity contribution is 9.09. The number of hydrogen-bond donors (Lipinski definition) is 1. The van der Waals surface area contributed by atoms with Crippen LogP contribution in [-0.4, -0.2) is 48.6 Å². The van der Waals surface area contributed by atoms with Crippen molar-refractivity contribution in [1.82, 2.24) is 10.2 Å². The Morgan fingerprint density at radius 3 is 2.26 bits per heavy atom. The Morgan fingerprint density at radius 1 is 1.26 bits per heavy atom. The zero-order chi connectivity index (χ0) is 20.6. The second-order valence-corrected chi connectivity index (χ2v) is 10.6. The van der Waals surface area contributed by atoms with Crippen molar-refractivity contribution in [3.05, 3.63) is 35.9 Å². The number of esters is 1. The van der Waals surface area contributed by atoms with Gasteiger partial charge in [0.25, 0.3) is 5.91 Å². The minimum atomic E-state index is -1.21. The normalized spacial score (nSPS) is 26.6. The maximum Gasteiger partial charge on any atom is 0.304 e. The van der Waals surface area contributed by atoms with E-state index in [-0.39, 0.29) is 11.8 Å². The molecule has 0 radical (unpaired) electrons. The van der Waals surface area contributed by atoms with Crippen molar-refractivity contribution in [2.75, 3.05) is 0 Å². The highest BCUT2D eigenvalue weighted by atomic mass is 79.9. The number of likely N-dealkylation sites (tertiary alicyclic amines) is 1. The largest absolute Gasteiger partial charge is 0.436 e. The topological polar surface area (TPSA) is 75.7 Å². The first-order valence-corrected chi connectivity index (χ1v) is 12.0. The fourth-order valence-electron chi connectivity index (χ4n) is 3.86. The summed E-state index contributed by atoms with van der Waals surface area (Å²) < 4.78 is 5.65. The van der Waals surface area contributed by atoms with Crippen molar-refractivity contribution in [3.8, 4) is 0 Å². The zero-order valence-corrected chi connectivity index (χ0v) is 19.6. The molecule has 8 heteroatoms. The number of carbonyl (C=O) groups is 3. The van der Waals surface area contributed by atoms with Crippen LogP contribution in [0, 0.1) is 0 Å². The lowest BCUT2D eigenvalue weighted by Gasteiger charge is -2.65. The first-order valence-electron chi connectivity index (χ1n) is 8.96. The van der Waals surface area contributed by atoms with Crippen molar-refractivity contribution in [2.45, 2.75) is 62.4 Å². The predicted molar refractivity (Wildman–Crippen MR) is 110 cm³/mol. The van der Waals surface area contributed by atoms with Gasteiger partial charge in [-0.3, -0.25) is 19.3 Å². The van der Waals surface area contributed by atoms with Crippen LogP contribution in [0.4, 0.5) is 0 Å². The molecule has 0 spiro atoms. The van der Waals surface area contributed by atoms with E-state index in [1.807, 2.05) is 57.7 Å². The molecule has 1 aliphatic heterocycles. The number of benzene rings is 1. The van der Waals surface area contributed by atoms with Crippen LogP contribution < -0.4 is 5.32 Å². The Kier molecular flexibility index (Phi) is 5.92. The average molecular weight is 455 g/mol. The number of halogens is 1. The Labute approximate surface area is 171 Å². The number of alkyl halides is 1. The van der Waals surface area contributed by atoms with E-state index in [0.29, 0.717) is 0 Å². The maximum atomic E-state index is 13.2. The molecule has 1 N–H and O–H groups in total. The highest BCUT2D eigenvalue weighted by Gasteiger charge is 2.73. The third-order valence-electron chi connectivity index (χ3n) is 4.99. The van der Waals surface area contributed by atoms with Crippen LogP contribution in [0.1, 0.15) is 45.0 Å². The van der Waals surface area contributed by atoms with Gasteiger partial charge < -0.3 is 10.1 Å². The monoisotopic (exact) mass is 454 g/mol. The fourth-order valence-corrected chi connectivity index (χ4v) is 5.98. The Hall–Kier alpha value is -1.67. The summed E-state index contributed by atoms with van der Waals surface area (Å²) >= 11 is 3.42. The summed E-state index contributed by atoms with van der Waals surface area (Å²) in [6.07, 6.45) is 0. The van der Waals surface area contributed by atoms with Gasteiger partial charge in [0.2, 0.25) is 11.6 Å². The van der Waals surface area contributed by atoms with E-state index < -0.39 is 36.7 Å². The van der Waals surface area contributed by atoms with Crippen LogP contribution in [0.5, 0.6) is 0 Å². The SMILES string of the molecule is C[SiH2][C@]1(NC(=O)C(Br)c2ccccc2)C(=O)N(C(C)(C)C)[C@@]1(C)OC(C)=O. The number of nitrogens with zero attached hydrogens (tertiary/aromatic N) is 1. The van der Waals surface area contributed by atoms with E-state index in [1.165, 1.54) is 6.92 Å². The first kappa shape index (κ1) is 21.6. The smallest absolute Gasteiger partial charge is 0.304 e. The molecule has 0 saturated carbocycles. The third-order valence-corrected chi connectivity index (χ3v) is 8.13. The maximum absolute atomic E-state index is 13.2. The molecule has 2 amide bonds. The lowest BCUT2D eigenvalue weighted by Crippen LogP contribution is -2.91. The number of carbonyl (C=O) groups excluding carboxylic acids is 3. The Balaban J connectivity index is 2.39. The quantitative estimate of drug-likeness (QED) is 0.319. The minimum absolute atomic E-state index is 0.200. The lowest BCUT2D eigenvalue weighted by atomic mass is 9.83. The standard InChI is InChI=1S/C19H27BrN2O4Si/c1-12(23)26-18(5)19(27-6,16(25)22(18)17(2,3)4)21-15(24)14(20)13-10-8-7-9-11-13/h7-11,14H,27H2,1-6H3,(H,21,24)/t14?,18-,19+/m0/s1. The zero-order valence-electron chi connectivity index (χ0n) is 16.6. The predicted octanol–water partition coefficient (Wildman–Crippen LogP) is 2.07. The molecule has 0 aromatic heterocycles. The molecule has 0 bridgehead atoms. The van der Waals surface area contributed by atoms with E-state index in [1.54, 1.807) is 11.8 Å². The molecule has 148 valence electrons. The average Bonchev–Trinajstić information content (AvgIpc) is 2.57. The summed E-state index contributed by atoms with van der Waals surface area (Å²) in [4.78, 5) is 38.9. The third kappa shape index (κ3) is 3.56. The first-order chi connectivity index (χ1) is 12.4. The second-order valence-electron chi connectivity index (χ2n) is 7.91. The molecule has 1 heterocycles. The molecule has 2 rings (SSSR count). The summed E-state index contributed by atoms with van der Waals surface area (Å²) in [5.74, 6) is -1.01. The Morgan fingerprint density at radius 2 is 1.81 bits per heavy atom. The minimum Gasteiger partial charge on any atom is -0.436 e. The van der Waals surface area contributed by atoms with Gasteiger partial charge >= 0.3 is 5.97 Å².